The first-order chi connectivity index (χ1) is 10.7. The molecule has 5 nitrogen and oxygen atoms in total. The third-order valence-electron chi connectivity index (χ3n) is 3.75. The van der Waals surface area contributed by atoms with E-state index in [2.05, 4.69) is 9.64 Å². The maximum Gasteiger partial charge on any atom is 0.342 e. The van der Waals surface area contributed by atoms with Crippen LogP contribution < -0.4 is 5.43 Å². The number of nitrogens with zero attached hydrogens (tertiary/aromatic N) is 1. The number of benzene rings is 1. The molecule has 2 heterocycles. The van der Waals surface area contributed by atoms with E-state index in [0.717, 1.165) is 43.1 Å². The first-order valence-corrected chi connectivity index (χ1v) is 8.00. The highest BCUT2D eigenvalue weighted by atomic mass is 32.1. The average molecular weight is 319 g/mol. The molecule has 0 amide bonds. The Hall–Kier alpha value is -1.76. The van der Waals surface area contributed by atoms with Crippen molar-refractivity contribution in [3.63, 3.8) is 0 Å². The van der Waals surface area contributed by atoms with Crippen molar-refractivity contribution in [3.05, 3.63) is 44.9 Å². The third kappa shape index (κ3) is 3.04. The van der Waals surface area contributed by atoms with Crippen LogP contribution in [-0.4, -0.2) is 44.3 Å². The number of hydrogen-bond donors (Lipinski definition) is 0. The minimum absolute atomic E-state index is 0.100. The van der Waals surface area contributed by atoms with Crippen LogP contribution in [0.4, 0.5) is 0 Å². The molecule has 2 aromatic rings. The van der Waals surface area contributed by atoms with Gasteiger partial charge in [-0.2, -0.15) is 0 Å². The number of esters is 1. The number of carbonyl (C=O) groups is 1. The van der Waals surface area contributed by atoms with Crippen LogP contribution in [0.15, 0.2) is 28.4 Å². The molecule has 1 aromatic heterocycles. The summed E-state index contributed by atoms with van der Waals surface area (Å²) >= 11 is 1.38. The summed E-state index contributed by atoms with van der Waals surface area (Å²) in [6.45, 7) is 4.07. The Bertz CT molecular complexity index is 749. The molecule has 1 aliphatic rings. The molecule has 1 aliphatic heterocycles. The fraction of sp³-hybridized carbons (Fsp3) is 0.375. The molecule has 0 unspecified atom stereocenters. The molecule has 0 spiro atoms. The lowest BCUT2D eigenvalue weighted by atomic mass is 10.1. The number of carbonyl (C=O) groups excluding carboxylic acids is 1. The van der Waals surface area contributed by atoms with Crippen molar-refractivity contribution in [3.8, 4) is 0 Å². The highest BCUT2D eigenvalue weighted by Crippen LogP contribution is 2.20. The minimum atomic E-state index is -0.582. The van der Waals surface area contributed by atoms with E-state index in [1.807, 2.05) is 18.2 Å². The van der Waals surface area contributed by atoms with Gasteiger partial charge in [-0.3, -0.25) is 9.69 Å². The Labute approximate surface area is 132 Å². The molecular formula is C16H17NO4S. The van der Waals surface area contributed by atoms with Gasteiger partial charge in [-0.1, -0.05) is 6.07 Å². The Morgan fingerprint density at radius 3 is 2.86 bits per heavy atom. The topological polar surface area (TPSA) is 55.8 Å². The van der Waals surface area contributed by atoms with Crippen molar-refractivity contribution in [2.24, 2.45) is 0 Å². The van der Waals surface area contributed by atoms with Gasteiger partial charge in [-0.15, -0.1) is 11.3 Å². The molecule has 1 fully saturated rings. The van der Waals surface area contributed by atoms with E-state index in [0.29, 0.717) is 5.39 Å². The number of hydrogen-bond acceptors (Lipinski definition) is 6. The standard InChI is InChI=1S/C16H17NO4S/c1-20-16(19)13-10-22-14-3-2-11(8-12(14)15(13)18)9-17-4-6-21-7-5-17/h2-3,8,10H,4-7,9H2,1H3. The smallest absolute Gasteiger partial charge is 0.342 e. The van der Waals surface area contributed by atoms with Gasteiger partial charge in [0, 0.05) is 35.1 Å². The second-order valence-electron chi connectivity index (χ2n) is 5.19. The third-order valence-corrected chi connectivity index (χ3v) is 4.72. The maximum absolute atomic E-state index is 12.4. The Balaban J connectivity index is 1.95. The Morgan fingerprint density at radius 1 is 1.36 bits per heavy atom. The monoisotopic (exact) mass is 319 g/mol. The first kappa shape index (κ1) is 15.1. The predicted octanol–water partition coefficient (Wildman–Crippen LogP) is 1.88. The molecule has 1 saturated heterocycles. The van der Waals surface area contributed by atoms with Crippen LogP contribution >= 0.6 is 11.3 Å². The molecule has 0 bridgehead atoms. The van der Waals surface area contributed by atoms with Gasteiger partial charge in [0.05, 0.1) is 20.3 Å². The molecule has 22 heavy (non-hydrogen) atoms. The van der Waals surface area contributed by atoms with Crippen molar-refractivity contribution in [1.82, 2.24) is 4.90 Å². The zero-order valence-electron chi connectivity index (χ0n) is 12.3. The zero-order valence-corrected chi connectivity index (χ0v) is 13.1. The van der Waals surface area contributed by atoms with E-state index in [1.54, 1.807) is 5.38 Å². The summed E-state index contributed by atoms with van der Waals surface area (Å²) in [5.74, 6) is -0.582. The second kappa shape index (κ2) is 6.56. The number of rotatable bonds is 3. The Morgan fingerprint density at radius 2 is 2.14 bits per heavy atom. The number of fused-ring (bicyclic) bond motifs is 1. The Kier molecular flexibility index (Phi) is 4.52. The van der Waals surface area contributed by atoms with Crippen LogP contribution in [0.25, 0.3) is 10.1 Å². The van der Waals surface area contributed by atoms with E-state index in [9.17, 15) is 9.59 Å². The van der Waals surface area contributed by atoms with E-state index in [4.69, 9.17) is 4.74 Å². The number of ether oxygens (including phenoxy) is 2. The maximum atomic E-state index is 12.4. The molecule has 0 aliphatic carbocycles. The van der Waals surface area contributed by atoms with Gasteiger partial charge in [0.2, 0.25) is 5.43 Å². The lowest BCUT2D eigenvalue weighted by molar-refractivity contribution is 0.0342. The second-order valence-corrected chi connectivity index (χ2v) is 6.10. The summed E-state index contributed by atoms with van der Waals surface area (Å²) in [7, 11) is 1.28. The lowest BCUT2D eigenvalue weighted by Gasteiger charge is -2.26. The SMILES string of the molecule is COC(=O)c1csc2ccc(CN3CCOCC3)cc2c1=O. The lowest BCUT2D eigenvalue weighted by Crippen LogP contribution is -2.35. The highest BCUT2D eigenvalue weighted by Gasteiger charge is 2.15. The highest BCUT2D eigenvalue weighted by molar-refractivity contribution is 7.16. The van der Waals surface area contributed by atoms with Crippen molar-refractivity contribution in [1.29, 1.82) is 0 Å². The normalized spacial score (nSPS) is 15.9. The first-order valence-electron chi connectivity index (χ1n) is 7.12. The largest absolute Gasteiger partial charge is 0.465 e. The van der Waals surface area contributed by atoms with Crippen LogP contribution in [0.1, 0.15) is 15.9 Å². The molecule has 0 radical (unpaired) electrons. The van der Waals surface area contributed by atoms with Crippen LogP contribution in [0.2, 0.25) is 0 Å². The average Bonchev–Trinajstić information content (AvgIpc) is 2.56. The number of morpholine rings is 1. The quantitative estimate of drug-likeness (QED) is 0.809. The zero-order chi connectivity index (χ0) is 15.5. The van der Waals surface area contributed by atoms with Gasteiger partial charge < -0.3 is 9.47 Å². The summed E-state index contributed by atoms with van der Waals surface area (Å²) in [6, 6.07) is 5.86. The summed E-state index contributed by atoms with van der Waals surface area (Å²) in [5, 5.41) is 2.15. The van der Waals surface area contributed by atoms with Crippen LogP contribution in [0, 0.1) is 0 Å². The van der Waals surface area contributed by atoms with Gasteiger partial charge in [0.25, 0.3) is 0 Å². The van der Waals surface area contributed by atoms with Gasteiger partial charge in [-0.05, 0) is 17.7 Å². The van der Waals surface area contributed by atoms with Gasteiger partial charge in [0.15, 0.2) is 0 Å². The number of methoxy groups -OCH3 is 1. The molecule has 3 rings (SSSR count). The predicted molar refractivity (Wildman–Crippen MR) is 85.5 cm³/mol. The van der Waals surface area contributed by atoms with Crippen molar-refractivity contribution in [2.45, 2.75) is 6.54 Å². The molecule has 0 N–H and O–H groups in total. The summed E-state index contributed by atoms with van der Waals surface area (Å²) < 4.78 is 10.9. The van der Waals surface area contributed by atoms with E-state index >= 15 is 0 Å². The van der Waals surface area contributed by atoms with E-state index in [1.165, 1.54) is 18.4 Å². The van der Waals surface area contributed by atoms with Crippen molar-refractivity contribution in [2.75, 3.05) is 33.4 Å². The molecule has 0 atom stereocenters. The van der Waals surface area contributed by atoms with Crippen molar-refractivity contribution >= 4 is 27.4 Å². The molecular weight excluding hydrogens is 302 g/mol. The summed E-state index contributed by atoms with van der Waals surface area (Å²) in [6.07, 6.45) is 0. The summed E-state index contributed by atoms with van der Waals surface area (Å²) in [5.41, 5.74) is 0.911. The van der Waals surface area contributed by atoms with Gasteiger partial charge in [0.1, 0.15) is 5.56 Å². The van der Waals surface area contributed by atoms with E-state index < -0.39 is 5.97 Å². The molecule has 1 aromatic carbocycles. The van der Waals surface area contributed by atoms with Crippen molar-refractivity contribution < 1.29 is 14.3 Å². The minimum Gasteiger partial charge on any atom is -0.465 e. The van der Waals surface area contributed by atoms with Crippen LogP contribution in [0.3, 0.4) is 0 Å². The molecule has 6 heteroatoms. The summed E-state index contributed by atoms with van der Waals surface area (Å²) in [4.78, 5) is 26.4. The fourth-order valence-electron chi connectivity index (χ4n) is 2.54. The van der Waals surface area contributed by atoms with E-state index in [-0.39, 0.29) is 11.0 Å². The van der Waals surface area contributed by atoms with Gasteiger partial charge in [-0.25, -0.2) is 4.79 Å². The molecule has 116 valence electrons. The van der Waals surface area contributed by atoms with Crippen LogP contribution in [0.5, 0.6) is 0 Å². The van der Waals surface area contributed by atoms with Gasteiger partial charge >= 0.3 is 5.97 Å². The molecule has 0 saturated carbocycles. The van der Waals surface area contributed by atoms with Crippen LogP contribution in [-0.2, 0) is 16.0 Å². The fourth-order valence-corrected chi connectivity index (χ4v) is 3.42.